The second-order valence-electron chi connectivity index (χ2n) is 5.12. The van der Waals surface area contributed by atoms with Crippen LogP contribution in [0.2, 0.25) is 0 Å². The van der Waals surface area contributed by atoms with Gasteiger partial charge in [-0.1, -0.05) is 36.8 Å². The second-order valence-corrected chi connectivity index (χ2v) is 5.12. The van der Waals surface area contributed by atoms with Gasteiger partial charge in [-0.3, -0.25) is 0 Å². The molecule has 1 N–H and O–H groups in total. The fourth-order valence-electron chi connectivity index (χ4n) is 3.55. The SMILES string of the molecule is Cl.c1ccc(C[C@@]23CCC[C@@H]2CCN3)cc1. The molecule has 1 nitrogen and oxygen atoms in total. The van der Waals surface area contributed by atoms with Crippen molar-refractivity contribution in [3.63, 3.8) is 0 Å². The lowest BCUT2D eigenvalue weighted by Gasteiger charge is -2.30. The highest BCUT2D eigenvalue weighted by Gasteiger charge is 2.45. The Labute approximate surface area is 104 Å². The summed E-state index contributed by atoms with van der Waals surface area (Å²) >= 11 is 0. The third-order valence-corrected chi connectivity index (χ3v) is 4.29. The van der Waals surface area contributed by atoms with Gasteiger partial charge < -0.3 is 5.32 Å². The molecule has 0 aromatic heterocycles. The van der Waals surface area contributed by atoms with Crippen molar-refractivity contribution >= 4 is 12.4 Å². The molecule has 0 spiro atoms. The molecule has 2 heteroatoms. The van der Waals surface area contributed by atoms with Gasteiger partial charge in [-0.05, 0) is 43.7 Å². The number of fused-ring (bicyclic) bond motifs is 1. The molecule has 1 heterocycles. The smallest absolute Gasteiger partial charge is 0.0250 e. The number of nitrogens with one attached hydrogen (secondary N) is 1. The zero-order valence-electron chi connectivity index (χ0n) is 9.61. The van der Waals surface area contributed by atoms with E-state index in [4.69, 9.17) is 0 Å². The van der Waals surface area contributed by atoms with Crippen LogP contribution >= 0.6 is 12.4 Å². The van der Waals surface area contributed by atoms with Gasteiger partial charge in [0.05, 0.1) is 0 Å². The molecule has 0 bridgehead atoms. The molecule has 1 aromatic rings. The quantitative estimate of drug-likeness (QED) is 0.833. The molecule has 2 atom stereocenters. The Kier molecular flexibility index (Phi) is 3.56. The molecular formula is C14H20ClN. The molecule has 1 aromatic carbocycles. The van der Waals surface area contributed by atoms with Gasteiger partial charge in [0, 0.05) is 5.54 Å². The van der Waals surface area contributed by atoms with Gasteiger partial charge in [-0.2, -0.15) is 0 Å². The Balaban J connectivity index is 0.000000963. The minimum atomic E-state index is 0. The Bertz CT molecular complexity index is 326. The summed E-state index contributed by atoms with van der Waals surface area (Å²) in [5.41, 5.74) is 1.96. The average molecular weight is 238 g/mol. The third-order valence-electron chi connectivity index (χ3n) is 4.29. The largest absolute Gasteiger partial charge is 0.311 e. The van der Waals surface area contributed by atoms with E-state index in [2.05, 4.69) is 35.6 Å². The van der Waals surface area contributed by atoms with E-state index in [1.54, 1.807) is 0 Å². The van der Waals surface area contributed by atoms with Gasteiger partial charge in [0.1, 0.15) is 0 Å². The monoisotopic (exact) mass is 237 g/mol. The first kappa shape index (κ1) is 11.9. The Morgan fingerprint density at radius 3 is 2.81 bits per heavy atom. The number of rotatable bonds is 2. The molecule has 2 fully saturated rings. The van der Waals surface area contributed by atoms with Crippen LogP contribution in [-0.4, -0.2) is 12.1 Å². The first-order valence-electron chi connectivity index (χ1n) is 6.18. The van der Waals surface area contributed by atoms with Crippen molar-refractivity contribution in [1.29, 1.82) is 0 Å². The second kappa shape index (κ2) is 4.77. The van der Waals surface area contributed by atoms with E-state index in [1.165, 1.54) is 44.2 Å². The maximum absolute atomic E-state index is 3.78. The van der Waals surface area contributed by atoms with Crippen LogP contribution in [0, 0.1) is 5.92 Å². The summed E-state index contributed by atoms with van der Waals surface area (Å²) in [7, 11) is 0. The van der Waals surface area contributed by atoms with Crippen molar-refractivity contribution in [3.05, 3.63) is 35.9 Å². The lowest BCUT2D eigenvalue weighted by atomic mass is 9.83. The van der Waals surface area contributed by atoms with Crippen LogP contribution in [0.1, 0.15) is 31.2 Å². The molecule has 88 valence electrons. The van der Waals surface area contributed by atoms with Crippen LogP contribution in [0.3, 0.4) is 0 Å². The van der Waals surface area contributed by atoms with Crippen LogP contribution < -0.4 is 5.32 Å². The zero-order chi connectivity index (χ0) is 10.1. The van der Waals surface area contributed by atoms with E-state index in [-0.39, 0.29) is 12.4 Å². The minimum absolute atomic E-state index is 0. The van der Waals surface area contributed by atoms with Crippen molar-refractivity contribution in [3.8, 4) is 0 Å². The van der Waals surface area contributed by atoms with Gasteiger partial charge in [0.2, 0.25) is 0 Å². The fraction of sp³-hybridized carbons (Fsp3) is 0.571. The highest BCUT2D eigenvalue weighted by atomic mass is 35.5. The maximum Gasteiger partial charge on any atom is 0.0250 e. The van der Waals surface area contributed by atoms with Crippen molar-refractivity contribution in [2.75, 3.05) is 6.54 Å². The van der Waals surface area contributed by atoms with Gasteiger partial charge in [0.25, 0.3) is 0 Å². The van der Waals surface area contributed by atoms with Gasteiger partial charge in [-0.25, -0.2) is 0 Å². The number of halogens is 1. The molecule has 16 heavy (non-hydrogen) atoms. The Morgan fingerprint density at radius 1 is 1.19 bits per heavy atom. The number of benzene rings is 1. The van der Waals surface area contributed by atoms with Crippen molar-refractivity contribution in [2.45, 2.75) is 37.6 Å². The first-order chi connectivity index (χ1) is 7.39. The van der Waals surface area contributed by atoms with E-state index in [9.17, 15) is 0 Å². The summed E-state index contributed by atoms with van der Waals surface area (Å²) in [4.78, 5) is 0. The highest BCUT2D eigenvalue weighted by Crippen LogP contribution is 2.43. The Morgan fingerprint density at radius 2 is 2.00 bits per heavy atom. The molecule has 3 rings (SSSR count). The number of hydrogen-bond acceptors (Lipinski definition) is 1. The van der Waals surface area contributed by atoms with E-state index in [0.717, 1.165) is 5.92 Å². The van der Waals surface area contributed by atoms with Crippen LogP contribution in [0.4, 0.5) is 0 Å². The summed E-state index contributed by atoms with van der Waals surface area (Å²) in [6.45, 7) is 1.23. The van der Waals surface area contributed by atoms with Crippen molar-refractivity contribution < 1.29 is 0 Å². The molecule has 0 radical (unpaired) electrons. The summed E-state index contributed by atoms with van der Waals surface area (Å²) in [6, 6.07) is 11.0. The van der Waals surface area contributed by atoms with E-state index in [1.807, 2.05) is 0 Å². The molecule has 0 amide bonds. The summed E-state index contributed by atoms with van der Waals surface area (Å²) in [6.07, 6.45) is 6.88. The van der Waals surface area contributed by atoms with Gasteiger partial charge in [0.15, 0.2) is 0 Å². The summed E-state index contributed by atoms with van der Waals surface area (Å²) in [5.74, 6) is 0.942. The summed E-state index contributed by atoms with van der Waals surface area (Å²) < 4.78 is 0. The Hall–Kier alpha value is -0.530. The predicted octanol–water partition coefficient (Wildman–Crippen LogP) is 3.18. The molecule has 1 saturated carbocycles. The normalized spacial score (nSPS) is 32.1. The molecule has 1 saturated heterocycles. The predicted molar refractivity (Wildman–Crippen MR) is 70.1 cm³/mol. The standard InChI is InChI=1S/C14H19N.ClH/c1-2-5-12(6-3-1)11-14-9-4-7-13(14)8-10-15-14;/h1-3,5-6,13,15H,4,7-11H2;1H/t13-,14+;/m1./s1. The first-order valence-corrected chi connectivity index (χ1v) is 6.18. The van der Waals surface area contributed by atoms with Crippen molar-refractivity contribution in [1.82, 2.24) is 5.32 Å². The topological polar surface area (TPSA) is 12.0 Å². The van der Waals surface area contributed by atoms with E-state index >= 15 is 0 Å². The fourth-order valence-corrected chi connectivity index (χ4v) is 3.55. The lowest BCUT2D eigenvalue weighted by Crippen LogP contribution is -2.43. The molecule has 1 aliphatic carbocycles. The average Bonchev–Trinajstić information content (AvgIpc) is 2.78. The molecule has 1 aliphatic heterocycles. The third kappa shape index (κ3) is 1.99. The van der Waals surface area contributed by atoms with Crippen LogP contribution in [0.25, 0.3) is 0 Å². The van der Waals surface area contributed by atoms with Crippen LogP contribution in [0.5, 0.6) is 0 Å². The van der Waals surface area contributed by atoms with Crippen LogP contribution in [0.15, 0.2) is 30.3 Å². The molecule has 2 aliphatic rings. The zero-order valence-corrected chi connectivity index (χ0v) is 10.4. The molecular weight excluding hydrogens is 218 g/mol. The van der Waals surface area contributed by atoms with E-state index < -0.39 is 0 Å². The summed E-state index contributed by atoms with van der Waals surface area (Å²) in [5, 5.41) is 3.78. The lowest BCUT2D eigenvalue weighted by molar-refractivity contribution is 0.319. The van der Waals surface area contributed by atoms with Crippen LogP contribution in [-0.2, 0) is 6.42 Å². The van der Waals surface area contributed by atoms with Gasteiger partial charge in [-0.15, -0.1) is 12.4 Å². The van der Waals surface area contributed by atoms with Gasteiger partial charge >= 0.3 is 0 Å². The van der Waals surface area contributed by atoms with Crippen molar-refractivity contribution in [2.24, 2.45) is 5.92 Å². The maximum atomic E-state index is 3.78. The molecule has 0 unspecified atom stereocenters. The van der Waals surface area contributed by atoms with E-state index in [0.29, 0.717) is 5.54 Å². The number of hydrogen-bond donors (Lipinski definition) is 1. The minimum Gasteiger partial charge on any atom is -0.311 e. The highest BCUT2D eigenvalue weighted by molar-refractivity contribution is 5.85.